The third-order valence-corrected chi connectivity index (χ3v) is 4.33. The third kappa shape index (κ3) is 6.42. The minimum absolute atomic E-state index is 0.0615. The Hall–Kier alpha value is 0.150. The smallest absolute Gasteiger partial charge is 0.240 e. The monoisotopic (exact) mass is 389 g/mol. The van der Waals surface area contributed by atoms with Crippen LogP contribution in [-0.2, 0) is 14.8 Å². The van der Waals surface area contributed by atoms with Gasteiger partial charge in [0.05, 0.1) is 11.5 Å². The predicted molar refractivity (Wildman–Crippen MR) is 80.9 cm³/mol. The van der Waals surface area contributed by atoms with Crippen LogP contribution in [0, 0.1) is 0 Å². The molecule has 1 N–H and O–H groups in total. The molecule has 0 aliphatic rings. The summed E-state index contributed by atoms with van der Waals surface area (Å²) in [5, 5.41) is 1.33. The van der Waals surface area contributed by atoms with Gasteiger partial charge < -0.3 is 4.74 Å². The highest BCUT2D eigenvalue weighted by Gasteiger charge is 2.14. The van der Waals surface area contributed by atoms with E-state index >= 15 is 0 Å². The molecule has 0 heterocycles. The summed E-state index contributed by atoms with van der Waals surface area (Å²) in [6.45, 7) is 1.41. The summed E-state index contributed by atoms with van der Waals surface area (Å²) in [5.74, 6) is 0. The molecule has 0 radical (unpaired) electrons. The Bertz CT molecular complexity index is 490. The summed E-state index contributed by atoms with van der Waals surface area (Å²) in [7, 11) is -3.58. The molecular weight excluding hydrogens is 377 g/mol. The maximum absolute atomic E-state index is 11.9. The average molecular weight is 391 g/mol. The lowest BCUT2D eigenvalue weighted by Gasteiger charge is -2.08. The van der Waals surface area contributed by atoms with E-state index in [2.05, 4.69) is 20.7 Å². The van der Waals surface area contributed by atoms with Crippen molar-refractivity contribution in [1.29, 1.82) is 0 Å². The van der Waals surface area contributed by atoms with Gasteiger partial charge in [-0.2, -0.15) is 0 Å². The minimum Gasteiger partial charge on any atom is -0.381 e. The van der Waals surface area contributed by atoms with Crippen molar-refractivity contribution >= 4 is 49.2 Å². The Balaban J connectivity index is 2.51. The quantitative estimate of drug-likeness (QED) is 0.548. The molecule has 1 aromatic rings. The fraction of sp³-hybridized carbons (Fsp3) is 0.455. The fourth-order valence-electron chi connectivity index (χ4n) is 1.30. The van der Waals surface area contributed by atoms with Crippen LogP contribution in [0.25, 0.3) is 0 Å². The van der Waals surface area contributed by atoms with Crippen molar-refractivity contribution < 1.29 is 13.2 Å². The lowest BCUT2D eigenvalue weighted by molar-refractivity contribution is 0.149. The Labute approximate surface area is 131 Å². The Kier molecular flexibility index (Phi) is 7.64. The second kappa shape index (κ2) is 8.44. The van der Waals surface area contributed by atoms with Crippen molar-refractivity contribution in [3.8, 4) is 0 Å². The van der Waals surface area contributed by atoms with Crippen LogP contribution in [0.2, 0.25) is 10.0 Å². The van der Waals surface area contributed by atoms with Crippen molar-refractivity contribution in [3.63, 3.8) is 0 Å². The minimum atomic E-state index is -3.58. The fourth-order valence-corrected chi connectivity index (χ4v) is 3.33. The van der Waals surface area contributed by atoms with Crippen molar-refractivity contribution in [2.75, 3.05) is 25.1 Å². The first kappa shape index (κ1) is 17.2. The summed E-state index contributed by atoms with van der Waals surface area (Å²) in [5.41, 5.74) is 0. The molecule has 0 aromatic heterocycles. The van der Waals surface area contributed by atoms with Gasteiger partial charge in [0.1, 0.15) is 0 Å². The van der Waals surface area contributed by atoms with Crippen LogP contribution < -0.4 is 4.72 Å². The van der Waals surface area contributed by atoms with Gasteiger partial charge in [-0.3, -0.25) is 0 Å². The highest BCUT2D eigenvalue weighted by molar-refractivity contribution is 9.09. The predicted octanol–water partition coefficient (Wildman–Crippen LogP) is 3.07. The third-order valence-electron chi connectivity index (χ3n) is 2.13. The molecule has 0 spiro atoms. The second-order valence-corrected chi connectivity index (χ2v) is 7.09. The zero-order valence-corrected chi connectivity index (χ0v) is 13.9. The number of ether oxygens (including phenoxy) is 1. The molecule has 0 amide bonds. The SMILES string of the molecule is O=S(=O)(NCCCOCCBr)c1cc(Cl)cc(Cl)c1. The molecule has 0 fully saturated rings. The Morgan fingerprint density at radius 1 is 1.16 bits per heavy atom. The zero-order valence-electron chi connectivity index (χ0n) is 10.0. The van der Waals surface area contributed by atoms with Crippen LogP contribution in [0.3, 0.4) is 0 Å². The summed E-state index contributed by atoms with van der Waals surface area (Å²) in [4.78, 5) is 0.0615. The molecule has 0 unspecified atom stereocenters. The lowest BCUT2D eigenvalue weighted by Crippen LogP contribution is -2.25. The highest BCUT2D eigenvalue weighted by atomic mass is 79.9. The second-order valence-electron chi connectivity index (χ2n) is 3.66. The first-order valence-electron chi connectivity index (χ1n) is 5.55. The maximum atomic E-state index is 11.9. The largest absolute Gasteiger partial charge is 0.381 e. The van der Waals surface area contributed by atoms with Crippen molar-refractivity contribution in [1.82, 2.24) is 4.72 Å². The standard InChI is InChI=1S/C11H14BrCl2NO3S/c12-2-5-18-4-1-3-15-19(16,17)11-7-9(13)6-10(14)8-11/h6-8,15H,1-5H2. The molecule has 4 nitrogen and oxygen atoms in total. The van der Waals surface area contributed by atoms with Gasteiger partial charge in [-0.25, -0.2) is 13.1 Å². The molecular formula is C11H14BrCl2NO3S. The number of alkyl halides is 1. The van der Waals surface area contributed by atoms with Crippen molar-refractivity contribution in [2.24, 2.45) is 0 Å². The number of nitrogens with one attached hydrogen (secondary N) is 1. The topological polar surface area (TPSA) is 55.4 Å². The molecule has 0 saturated carbocycles. The van der Waals surface area contributed by atoms with Crippen LogP contribution in [0.15, 0.2) is 23.1 Å². The zero-order chi connectivity index (χ0) is 14.3. The van der Waals surface area contributed by atoms with Gasteiger partial charge in [-0.15, -0.1) is 0 Å². The number of benzene rings is 1. The van der Waals surface area contributed by atoms with Gasteiger partial charge >= 0.3 is 0 Å². The van der Waals surface area contributed by atoms with Gasteiger partial charge in [0.25, 0.3) is 0 Å². The summed E-state index contributed by atoms with van der Waals surface area (Å²) >= 11 is 14.8. The molecule has 1 rings (SSSR count). The summed E-state index contributed by atoms with van der Waals surface area (Å²) in [6.07, 6.45) is 0.598. The van der Waals surface area contributed by atoms with Gasteiger partial charge in [0.15, 0.2) is 0 Å². The van der Waals surface area contributed by atoms with Crippen LogP contribution in [-0.4, -0.2) is 33.5 Å². The van der Waals surface area contributed by atoms with Gasteiger partial charge in [0.2, 0.25) is 10.0 Å². The molecule has 0 aliphatic heterocycles. The van der Waals surface area contributed by atoms with Crippen LogP contribution >= 0.6 is 39.1 Å². The van der Waals surface area contributed by atoms with Crippen LogP contribution in [0.4, 0.5) is 0 Å². The van der Waals surface area contributed by atoms with E-state index in [1.54, 1.807) is 0 Å². The van der Waals surface area contributed by atoms with E-state index in [1.165, 1.54) is 18.2 Å². The molecule has 108 valence electrons. The number of halogens is 3. The highest BCUT2D eigenvalue weighted by Crippen LogP contribution is 2.22. The van der Waals surface area contributed by atoms with E-state index in [-0.39, 0.29) is 14.9 Å². The molecule has 0 saturated heterocycles. The van der Waals surface area contributed by atoms with E-state index < -0.39 is 10.0 Å². The molecule has 0 aliphatic carbocycles. The van der Waals surface area contributed by atoms with E-state index in [9.17, 15) is 8.42 Å². The number of hydrogen-bond donors (Lipinski definition) is 1. The number of rotatable bonds is 8. The van der Waals surface area contributed by atoms with Gasteiger partial charge in [-0.1, -0.05) is 39.1 Å². The van der Waals surface area contributed by atoms with Crippen LogP contribution in [0.1, 0.15) is 6.42 Å². The van der Waals surface area contributed by atoms with E-state index in [0.717, 1.165) is 5.33 Å². The number of hydrogen-bond acceptors (Lipinski definition) is 3. The van der Waals surface area contributed by atoms with Gasteiger partial charge in [0, 0.05) is 28.5 Å². The number of sulfonamides is 1. The van der Waals surface area contributed by atoms with Crippen LogP contribution in [0.5, 0.6) is 0 Å². The maximum Gasteiger partial charge on any atom is 0.240 e. The lowest BCUT2D eigenvalue weighted by atomic mass is 10.4. The average Bonchev–Trinajstić information content (AvgIpc) is 2.32. The Morgan fingerprint density at radius 3 is 2.37 bits per heavy atom. The van der Waals surface area contributed by atoms with Gasteiger partial charge in [-0.05, 0) is 24.6 Å². The molecule has 0 atom stereocenters. The molecule has 8 heteroatoms. The molecule has 1 aromatic carbocycles. The van der Waals surface area contributed by atoms with Crippen molar-refractivity contribution in [3.05, 3.63) is 28.2 Å². The molecule has 0 bridgehead atoms. The van der Waals surface area contributed by atoms with E-state index in [1.807, 2.05) is 0 Å². The van der Waals surface area contributed by atoms with E-state index in [4.69, 9.17) is 27.9 Å². The molecule has 19 heavy (non-hydrogen) atoms. The Morgan fingerprint density at radius 2 is 1.79 bits per heavy atom. The normalized spacial score (nSPS) is 11.7. The summed E-state index contributed by atoms with van der Waals surface area (Å²) in [6, 6.07) is 4.20. The van der Waals surface area contributed by atoms with E-state index in [0.29, 0.717) is 26.2 Å². The first-order chi connectivity index (χ1) is 8.95. The first-order valence-corrected chi connectivity index (χ1v) is 8.91. The summed E-state index contributed by atoms with van der Waals surface area (Å²) < 4.78 is 31.6. The van der Waals surface area contributed by atoms with Crippen molar-refractivity contribution in [2.45, 2.75) is 11.3 Å².